The van der Waals surface area contributed by atoms with Crippen molar-refractivity contribution in [2.75, 3.05) is 11.9 Å². The molecule has 2 amide bonds. The van der Waals surface area contributed by atoms with E-state index in [0.29, 0.717) is 11.6 Å². The normalized spacial score (nSPS) is 21.2. The Hall–Kier alpha value is -1.56. The summed E-state index contributed by atoms with van der Waals surface area (Å²) < 4.78 is 10.3. The highest BCUT2D eigenvalue weighted by atomic mass is 16.5. The molecule has 1 saturated heterocycles. The number of carbonyl (C=O) groups excluding carboxylic acids is 1. The first-order valence-corrected chi connectivity index (χ1v) is 5.77. The SMILES string of the molecule is Cc1cc(NC(=O)N[C@H](C)[C@H]2CCCO2)no1. The zero-order chi connectivity index (χ0) is 12.3. The monoisotopic (exact) mass is 239 g/mol. The summed E-state index contributed by atoms with van der Waals surface area (Å²) in [6.07, 6.45) is 2.16. The number of nitrogens with one attached hydrogen (secondary N) is 2. The molecule has 2 rings (SSSR count). The van der Waals surface area contributed by atoms with Crippen LogP contribution in [0.2, 0.25) is 0 Å². The van der Waals surface area contributed by atoms with Crippen LogP contribution in [0.1, 0.15) is 25.5 Å². The van der Waals surface area contributed by atoms with E-state index in [1.807, 2.05) is 6.92 Å². The number of anilines is 1. The van der Waals surface area contributed by atoms with Crippen LogP contribution in [-0.2, 0) is 4.74 Å². The standard InChI is InChI=1S/C11H17N3O3/c1-7-6-10(14-17-7)13-11(15)12-8(2)9-4-3-5-16-9/h6,8-9H,3-5H2,1-2H3,(H2,12,13,14,15)/t8-,9-/m1/s1. The van der Waals surface area contributed by atoms with Crippen molar-refractivity contribution >= 4 is 11.8 Å². The van der Waals surface area contributed by atoms with Gasteiger partial charge in [0.2, 0.25) is 0 Å². The number of ether oxygens (including phenoxy) is 1. The van der Waals surface area contributed by atoms with Crippen molar-refractivity contribution in [1.82, 2.24) is 10.5 Å². The Labute approximate surface area is 99.7 Å². The summed E-state index contributed by atoms with van der Waals surface area (Å²) in [6.45, 7) is 4.48. The number of hydrogen-bond donors (Lipinski definition) is 2. The summed E-state index contributed by atoms with van der Waals surface area (Å²) in [5.41, 5.74) is 0. The zero-order valence-electron chi connectivity index (χ0n) is 10.0. The fourth-order valence-electron chi connectivity index (χ4n) is 1.87. The molecule has 1 fully saturated rings. The first-order chi connectivity index (χ1) is 8.15. The van der Waals surface area contributed by atoms with E-state index >= 15 is 0 Å². The molecule has 0 bridgehead atoms. The van der Waals surface area contributed by atoms with Crippen LogP contribution < -0.4 is 10.6 Å². The van der Waals surface area contributed by atoms with Crippen molar-refractivity contribution in [2.45, 2.75) is 38.8 Å². The Morgan fingerprint density at radius 2 is 2.47 bits per heavy atom. The summed E-state index contributed by atoms with van der Waals surface area (Å²) in [5, 5.41) is 9.11. The van der Waals surface area contributed by atoms with Gasteiger partial charge in [-0.05, 0) is 26.7 Å². The molecule has 1 aliphatic rings. The van der Waals surface area contributed by atoms with Gasteiger partial charge < -0.3 is 14.6 Å². The van der Waals surface area contributed by atoms with Gasteiger partial charge in [-0.25, -0.2) is 4.79 Å². The molecule has 6 nitrogen and oxygen atoms in total. The molecule has 0 aromatic carbocycles. The summed E-state index contributed by atoms with van der Waals surface area (Å²) in [5.74, 6) is 1.08. The minimum atomic E-state index is -0.290. The van der Waals surface area contributed by atoms with Gasteiger partial charge >= 0.3 is 6.03 Å². The highest BCUT2D eigenvalue weighted by molar-refractivity contribution is 5.88. The Morgan fingerprint density at radius 1 is 1.65 bits per heavy atom. The molecule has 2 heterocycles. The molecule has 2 atom stereocenters. The summed E-state index contributed by atoms with van der Waals surface area (Å²) in [7, 11) is 0. The van der Waals surface area contributed by atoms with Gasteiger partial charge in [0, 0.05) is 12.7 Å². The Morgan fingerprint density at radius 3 is 3.06 bits per heavy atom. The van der Waals surface area contributed by atoms with Crippen LogP contribution >= 0.6 is 0 Å². The van der Waals surface area contributed by atoms with E-state index in [2.05, 4.69) is 15.8 Å². The molecule has 6 heteroatoms. The number of carbonyl (C=O) groups is 1. The second-order valence-electron chi connectivity index (χ2n) is 4.26. The highest BCUT2D eigenvalue weighted by Crippen LogP contribution is 2.15. The number of aromatic nitrogens is 1. The minimum Gasteiger partial charge on any atom is -0.376 e. The zero-order valence-corrected chi connectivity index (χ0v) is 10.0. The fraction of sp³-hybridized carbons (Fsp3) is 0.636. The van der Waals surface area contributed by atoms with Gasteiger partial charge in [-0.1, -0.05) is 5.16 Å². The van der Waals surface area contributed by atoms with Crippen molar-refractivity contribution in [3.8, 4) is 0 Å². The van der Waals surface area contributed by atoms with Crippen LogP contribution in [0.4, 0.5) is 10.6 Å². The molecule has 94 valence electrons. The average molecular weight is 239 g/mol. The molecule has 1 aliphatic heterocycles. The summed E-state index contributed by atoms with van der Waals surface area (Å²) >= 11 is 0. The van der Waals surface area contributed by atoms with Crippen molar-refractivity contribution < 1.29 is 14.1 Å². The van der Waals surface area contributed by atoms with Crippen LogP contribution in [0.15, 0.2) is 10.6 Å². The van der Waals surface area contributed by atoms with Crippen LogP contribution in [-0.4, -0.2) is 29.9 Å². The molecular weight excluding hydrogens is 222 g/mol. The van der Waals surface area contributed by atoms with Crippen molar-refractivity contribution in [3.63, 3.8) is 0 Å². The van der Waals surface area contributed by atoms with Crippen molar-refractivity contribution in [2.24, 2.45) is 0 Å². The summed E-state index contributed by atoms with van der Waals surface area (Å²) in [6, 6.07) is 1.36. The highest BCUT2D eigenvalue weighted by Gasteiger charge is 2.23. The lowest BCUT2D eigenvalue weighted by Gasteiger charge is -2.19. The third kappa shape index (κ3) is 3.20. The first-order valence-electron chi connectivity index (χ1n) is 5.77. The van der Waals surface area contributed by atoms with Gasteiger partial charge in [0.25, 0.3) is 0 Å². The van der Waals surface area contributed by atoms with Gasteiger partial charge in [0.15, 0.2) is 5.82 Å². The van der Waals surface area contributed by atoms with Crippen LogP contribution in [0.3, 0.4) is 0 Å². The number of hydrogen-bond acceptors (Lipinski definition) is 4. The Balaban J connectivity index is 1.80. The molecule has 1 aromatic rings. The smallest absolute Gasteiger partial charge is 0.320 e. The maximum absolute atomic E-state index is 11.6. The molecule has 0 radical (unpaired) electrons. The lowest BCUT2D eigenvalue weighted by atomic mass is 10.1. The van der Waals surface area contributed by atoms with E-state index in [9.17, 15) is 4.79 Å². The molecule has 0 unspecified atom stereocenters. The summed E-state index contributed by atoms with van der Waals surface area (Å²) in [4.78, 5) is 11.6. The maximum atomic E-state index is 11.6. The lowest BCUT2D eigenvalue weighted by molar-refractivity contribution is 0.0868. The second-order valence-corrected chi connectivity index (χ2v) is 4.26. The van der Waals surface area contributed by atoms with Crippen LogP contribution in [0.25, 0.3) is 0 Å². The van der Waals surface area contributed by atoms with Gasteiger partial charge in [-0.3, -0.25) is 5.32 Å². The van der Waals surface area contributed by atoms with E-state index in [0.717, 1.165) is 19.4 Å². The predicted octanol–water partition coefficient (Wildman–Crippen LogP) is 1.67. The lowest BCUT2D eigenvalue weighted by Crippen LogP contribution is -2.43. The quantitative estimate of drug-likeness (QED) is 0.841. The molecular formula is C11H17N3O3. The number of amides is 2. The molecule has 17 heavy (non-hydrogen) atoms. The van der Waals surface area contributed by atoms with Crippen molar-refractivity contribution in [3.05, 3.63) is 11.8 Å². The topological polar surface area (TPSA) is 76.4 Å². The molecule has 0 aliphatic carbocycles. The Kier molecular flexibility index (Phi) is 3.63. The van der Waals surface area contributed by atoms with Gasteiger partial charge in [-0.15, -0.1) is 0 Å². The van der Waals surface area contributed by atoms with Gasteiger partial charge in [-0.2, -0.15) is 0 Å². The molecule has 2 N–H and O–H groups in total. The number of aryl methyl sites for hydroxylation is 1. The van der Waals surface area contributed by atoms with E-state index in [-0.39, 0.29) is 18.2 Å². The molecule has 0 saturated carbocycles. The molecule has 1 aromatic heterocycles. The third-order valence-electron chi connectivity index (χ3n) is 2.75. The van der Waals surface area contributed by atoms with Gasteiger partial charge in [0.05, 0.1) is 12.1 Å². The second kappa shape index (κ2) is 5.18. The van der Waals surface area contributed by atoms with E-state index < -0.39 is 0 Å². The number of nitrogens with zero attached hydrogens (tertiary/aromatic N) is 1. The predicted molar refractivity (Wildman–Crippen MR) is 61.8 cm³/mol. The van der Waals surface area contributed by atoms with E-state index in [4.69, 9.17) is 9.26 Å². The van der Waals surface area contributed by atoms with Gasteiger partial charge in [0.1, 0.15) is 5.76 Å². The number of urea groups is 1. The number of rotatable bonds is 3. The van der Waals surface area contributed by atoms with Crippen LogP contribution in [0.5, 0.6) is 0 Å². The first kappa shape index (κ1) is 11.9. The average Bonchev–Trinajstić information content (AvgIpc) is 2.89. The third-order valence-corrected chi connectivity index (χ3v) is 2.75. The van der Waals surface area contributed by atoms with Crippen LogP contribution in [0, 0.1) is 6.92 Å². The molecule has 0 spiro atoms. The minimum absolute atomic E-state index is 0.00880. The Bertz CT molecular complexity index is 385. The largest absolute Gasteiger partial charge is 0.376 e. The van der Waals surface area contributed by atoms with E-state index in [1.165, 1.54) is 0 Å². The van der Waals surface area contributed by atoms with Crippen molar-refractivity contribution in [1.29, 1.82) is 0 Å². The maximum Gasteiger partial charge on any atom is 0.320 e. The fourth-order valence-corrected chi connectivity index (χ4v) is 1.87. The van der Waals surface area contributed by atoms with E-state index in [1.54, 1.807) is 13.0 Å².